The Morgan fingerprint density at radius 2 is 2.21 bits per heavy atom. The molecule has 0 aliphatic carbocycles. The number of anilines is 1. The van der Waals surface area contributed by atoms with Crippen molar-refractivity contribution in [3.8, 4) is 0 Å². The fourth-order valence-electron chi connectivity index (χ4n) is 1.53. The van der Waals surface area contributed by atoms with Crippen molar-refractivity contribution in [2.24, 2.45) is 0 Å². The van der Waals surface area contributed by atoms with Gasteiger partial charge in [-0.05, 0) is 12.1 Å². The second-order valence-corrected chi connectivity index (χ2v) is 5.56. The summed E-state index contributed by atoms with van der Waals surface area (Å²) in [6.07, 6.45) is 2.41. The predicted molar refractivity (Wildman–Crippen MR) is 79.0 cm³/mol. The van der Waals surface area contributed by atoms with Crippen LogP contribution in [0.3, 0.4) is 0 Å². The molecule has 0 spiro atoms. The summed E-state index contributed by atoms with van der Waals surface area (Å²) in [6, 6.07) is 3.02. The van der Waals surface area contributed by atoms with Gasteiger partial charge < -0.3 is 11.1 Å². The second kappa shape index (κ2) is 6.23. The number of hydrogen-bond donors (Lipinski definition) is 2. The maximum Gasteiger partial charge on any atom is 0.252 e. The number of nitrogen functional groups attached to an aromatic ring is 1. The Kier molecular flexibility index (Phi) is 4.63. The van der Waals surface area contributed by atoms with E-state index in [0.717, 1.165) is 5.01 Å². The number of carbonyl (C=O) groups excluding carboxylic acids is 1. The molecule has 4 nitrogen and oxygen atoms in total. The normalized spacial score (nSPS) is 10.4. The van der Waals surface area contributed by atoms with Gasteiger partial charge in [-0.2, -0.15) is 0 Å². The molecule has 2 aromatic rings. The van der Waals surface area contributed by atoms with Gasteiger partial charge in [0.1, 0.15) is 0 Å². The summed E-state index contributed by atoms with van der Waals surface area (Å²) in [5, 5.41) is 6.11. The minimum absolute atomic E-state index is 0.211. The van der Waals surface area contributed by atoms with E-state index >= 15 is 0 Å². The van der Waals surface area contributed by atoms with Crippen LogP contribution in [0.5, 0.6) is 0 Å². The molecule has 1 heterocycles. The molecule has 7 heteroatoms. The number of aromatic nitrogens is 1. The summed E-state index contributed by atoms with van der Waals surface area (Å²) >= 11 is 13.4. The summed E-state index contributed by atoms with van der Waals surface area (Å²) in [6.45, 7) is 0.481. The van der Waals surface area contributed by atoms with Gasteiger partial charge in [-0.3, -0.25) is 4.79 Å². The van der Waals surface area contributed by atoms with Crippen molar-refractivity contribution >= 4 is 46.1 Å². The lowest BCUT2D eigenvalue weighted by Crippen LogP contribution is -2.26. The van der Waals surface area contributed by atoms with E-state index < -0.39 is 0 Å². The van der Waals surface area contributed by atoms with Crippen LogP contribution < -0.4 is 11.1 Å². The summed E-state index contributed by atoms with van der Waals surface area (Å²) in [4.78, 5) is 16.1. The summed E-state index contributed by atoms with van der Waals surface area (Å²) < 4.78 is 0. The Morgan fingerprint density at radius 1 is 1.42 bits per heavy atom. The molecule has 0 radical (unpaired) electrons. The van der Waals surface area contributed by atoms with E-state index in [1.165, 1.54) is 12.1 Å². The highest BCUT2D eigenvalue weighted by Crippen LogP contribution is 2.28. The van der Waals surface area contributed by atoms with Crippen LogP contribution in [-0.2, 0) is 6.42 Å². The van der Waals surface area contributed by atoms with Crippen molar-refractivity contribution in [1.82, 2.24) is 10.3 Å². The molecule has 1 aromatic carbocycles. The zero-order valence-corrected chi connectivity index (χ0v) is 12.1. The monoisotopic (exact) mass is 315 g/mol. The molecular formula is C12H11Cl2N3OS. The zero-order valence-electron chi connectivity index (χ0n) is 9.82. The van der Waals surface area contributed by atoms with E-state index in [4.69, 9.17) is 28.9 Å². The third kappa shape index (κ3) is 3.59. The quantitative estimate of drug-likeness (QED) is 0.852. The SMILES string of the molecule is Nc1cc(Cl)c(Cl)c(C(=O)NCCc2nccs2)c1. The Labute approximate surface area is 124 Å². The fraction of sp³-hybridized carbons (Fsp3) is 0.167. The molecular weight excluding hydrogens is 305 g/mol. The van der Waals surface area contributed by atoms with Crippen LogP contribution in [-0.4, -0.2) is 17.4 Å². The van der Waals surface area contributed by atoms with E-state index in [1.807, 2.05) is 5.38 Å². The predicted octanol–water partition coefficient (Wildman–Crippen LogP) is 3.00. The number of carbonyl (C=O) groups is 1. The number of halogens is 2. The molecule has 0 saturated heterocycles. The van der Waals surface area contributed by atoms with E-state index in [0.29, 0.717) is 18.7 Å². The van der Waals surface area contributed by atoms with E-state index in [-0.39, 0.29) is 21.5 Å². The molecule has 0 bridgehead atoms. The maximum absolute atomic E-state index is 12.0. The highest BCUT2D eigenvalue weighted by molar-refractivity contribution is 7.09. The molecule has 0 saturated carbocycles. The van der Waals surface area contributed by atoms with Crippen molar-refractivity contribution in [1.29, 1.82) is 0 Å². The standard InChI is InChI=1S/C12H11Cl2N3OS/c13-9-6-7(15)5-8(11(9)14)12(18)17-2-1-10-16-3-4-19-10/h3-6H,1-2,15H2,(H,17,18). The molecule has 0 atom stereocenters. The number of benzene rings is 1. The molecule has 0 fully saturated rings. The van der Waals surface area contributed by atoms with E-state index in [1.54, 1.807) is 17.5 Å². The molecule has 0 unspecified atom stereocenters. The van der Waals surface area contributed by atoms with Crippen LogP contribution >= 0.6 is 34.5 Å². The molecule has 19 heavy (non-hydrogen) atoms. The third-order valence-corrected chi connectivity index (χ3v) is 4.04. The number of thiazole rings is 1. The third-order valence-electron chi connectivity index (χ3n) is 2.40. The molecule has 2 rings (SSSR count). The fourth-order valence-corrected chi connectivity index (χ4v) is 2.57. The number of nitrogens with zero attached hydrogens (tertiary/aromatic N) is 1. The Morgan fingerprint density at radius 3 is 2.89 bits per heavy atom. The molecule has 100 valence electrons. The summed E-state index contributed by atoms with van der Waals surface area (Å²) in [5.74, 6) is -0.296. The van der Waals surface area contributed by atoms with Crippen molar-refractivity contribution in [3.05, 3.63) is 44.3 Å². The molecule has 0 aliphatic heterocycles. The number of amides is 1. The highest BCUT2D eigenvalue weighted by Gasteiger charge is 2.13. The largest absolute Gasteiger partial charge is 0.399 e. The molecule has 1 aromatic heterocycles. The van der Waals surface area contributed by atoms with Gasteiger partial charge in [-0.15, -0.1) is 11.3 Å². The Bertz CT molecular complexity index is 587. The van der Waals surface area contributed by atoms with Gasteiger partial charge in [0, 0.05) is 30.2 Å². The first-order valence-electron chi connectivity index (χ1n) is 5.49. The first-order chi connectivity index (χ1) is 9.08. The van der Waals surface area contributed by atoms with Crippen LogP contribution in [0.2, 0.25) is 10.0 Å². The van der Waals surface area contributed by atoms with Crippen molar-refractivity contribution in [2.45, 2.75) is 6.42 Å². The minimum Gasteiger partial charge on any atom is -0.399 e. The van der Waals surface area contributed by atoms with Gasteiger partial charge in [-0.1, -0.05) is 23.2 Å². The van der Waals surface area contributed by atoms with Crippen LogP contribution in [0, 0.1) is 0 Å². The maximum atomic E-state index is 12.0. The first kappa shape index (κ1) is 14.1. The Balaban J connectivity index is 2.00. The lowest BCUT2D eigenvalue weighted by atomic mass is 10.2. The number of nitrogens with two attached hydrogens (primary N) is 1. The number of nitrogens with one attached hydrogen (secondary N) is 1. The Hall–Kier alpha value is -1.30. The second-order valence-electron chi connectivity index (χ2n) is 3.80. The molecule has 0 aliphatic rings. The van der Waals surface area contributed by atoms with E-state index in [2.05, 4.69) is 10.3 Å². The highest BCUT2D eigenvalue weighted by atomic mass is 35.5. The zero-order chi connectivity index (χ0) is 13.8. The van der Waals surface area contributed by atoms with Crippen molar-refractivity contribution < 1.29 is 4.79 Å². The van der Waals surface area contributed by atoms with E-state index in [9.17, 15) is 4.79 Å². The van der Waals surface area contributed by atoms with Crippen LogP contribution in [0.4, 0.5) is 5.69 Å². The van der Waals surface area contributed by atoms with Gasteiger partial charge in [0.05, 0.1) is 20.6 Å². The lowest BCUT2D eigenvalue weighted by Gasteiger charge is -2.08. The van der Waals surface area contributed by atoms with Gasteiger partial charge in [-0.25, -0.2) is 4.98 Å². The van der Waals surface area contributed by atoms with Crippen LogP contribution in [0.1, 0.15) is 15.4 Å². The first-order valence-corrected chi connectivity index (χ1v) is 7.12. The molecule has 1 amide bonds. The summed E-state index contributed by atoms with van der Waals surface area (Å²) in [5.41, 5.74) is 6.33. The van der Waals surface area contributed by atoms with Gasteiger partial charge in [0.2, 0.25) is 0 Å². The van der Waals surface area contributed by atoms with Crippen molar-refractivity contribution in [3.63, 3.8) is 0 Å². The smallest absolute Gasteiger partial charge is 0.252 e. The van der Waals surface area contributed by atoms with Gasteiger partial charge >= 0.3 is 0 Å². The lowest BCUT2D eigenvalue weighted by molar-refractivity contribution is 0.0954. The molecule has 3 N–H and O–H groups in total. The van der Waals surface area contributed by atoms with Crippen LogP contribution in [0.25, 0.3) is 0 Å². The van der Waals surface area contributed by atoms with Gasteiger partial charge in [0.15, 0.2) is 0 Å². The summed E-state index contributed by atoms with van der Waals surface area (Å²) in [7, 11) is 0. The number of rotatable bonds is 4. The topological polar surface area (TPSA) is 68.0 Å². The average Bonchev–Trinajstić information content (AvgIpc) is 2.86. The average molecular weight is 316 g/mol. The van der Waals surface area contributed by atoms with Crippen LogP contribution in [0.15, 0.2) is 23.7 Å². The minimum atomic E-state index is -0.296. The number of hydrogen-bond acceptors (Lipinski definition) is 4. The van der Waals surface area contributed by atoms with Crippen molar-refractivity contribution in [2.75, 3.05) is 12.3 Å². The van der Waals surface area contributed by atoms with Gasteiger partial charge in [0.25, 0.3) is 5.91 Å².